The zero-order valence-corrected chi connectivity index (χ0v) is 8.60. The van der Waals surface area contributed by atoms with E-state index in [2.05, 4.69) is 9.72 Å². The maximum Gasteiger partial charge on any atom is 0.313 e. The van der Waals surface area contributed by atoms with E-state index in [9.17, 15) is 9.59 Å². The Morgan fingerprint density at radius 3 is 3.06 bits per heavy atom. The van der Waals surface area contributed by atoms with E-state index in [4.69, 9.17) is 4.42 Å². The first-order valence-corrected chi connectivity index (χ1v) is 4.64. The van der Waals surface area contributed by atoms with Gasteiger partial charge in [0.2, 0.25) is 0 Å². The summed E-state index contributed by atoms with van der Waals surface area (Å²) in [5.41, 5.74) is 0.842. The number of ether oxygens (including phenoxy) is 1. The van der Waals surface area contributed by atoms with Crippen molar-refractivity contribution in [3.8, 4) is 0 Å². The number of nitrogens with zero attached hydrogens (tertiary/aromatic N) is 1. The molecule has 5 nitrogen and oxygen atoms in total. The third-order valence-corrected chi connectivity index (χ3v) is 2.16. The number of carbonyl (C=O) groups is 2. The van der Waals surface area contributed by atoms with Crippen molar-refractivity contribution in [2.24, 2.45) is 0 Å². The molecule has 0 saturated heterocycles. The zero-order chi connectivity index (χ0) is 11.5. The fourth-order valence-corrected chi connectivity index (χ4v) is 1.31. The maximum atomic E-state index is 11.6. The summed E-state index contributed by atoms with van der Waals surface area (Å²) in [6.07, 6.45) is 2.67. The van der Waals surface area contributed by atoms with Crippen molar-refractivity contribution >= 4 is 22.7 Å². The van der Waals surface area contributed by atoms with Crippen LogP contribution < -0.4 is 0 Å². The molecule has 0 amide bonds. The van der Waals surface area contributed by atoms with E-state index in [1.54, 1.807) is 12.1 Å². The largest absolute Gasteiger partial charge is 0.469 e. The summed E-state index contributed by atoms with van der Waals surface area (Å²) in [5, 5.41) is 0.781. The van der Waals surface area contributed by atoms with Gasteiger partial charge in [-0.1, -0.05) is 0 Å². The predicted octanol–water partition coefficient (Wildman–Crippen LogP) is 1.57. The molecule has 0 saturated carbocycles. The van der Waals surface area contributed by atoms with E-state index in [1.165, 1.54) is 19.6 Å². The Balaban J connectivity index is 2.25. The molecule has 2 rings (SSSR count). The van der Waals surface area contributed by atoms with Gasteiger partial charge in [-0.25, -0.2) is 4.98 Å². The summed E-state index contributed by atoms with van der Waals surface area (Å²) in [4.78, 5) is 26.4. The molecule has 0 aromatic carbocycles. The van der Waals surface area contributed by atoms with Gasteiger partial charge in [0.1, 0.15) is 12.1 Å². The van der Waals surface area contributed by atoms with Crippen LogP contribution in [0.15, 0.2) is 29.0 Å². The lowest BCUT2D eigenvalue weighted by Crippen LogP contribution is -2.10. The predicted molar refractivity (Wildman–Crippen MR) is 55.0 cm³/mol. The highest BCUT2D eigenvalue weighted by atomic mass is 16.5. The van der Waals surface area contributed by atoms with Crippen molar-refractivity contribution in [1.29, 1.82) is 0 Å². The average Bonchev–Trinajstić information content (AvgIpc) is 2.75. The van der Waals surface area contributed by atoms with Crippen molar-refractivity contribution in [2.45, 2.75) is 6.42 Å². The molecule has 0 spiro atoms. The van der Waals surface area contributed by atoms with Gasteiger partial charge in [-0.15, -0.1) is 0 Å². The third kappa shape index (κ3) is 1.93. The van der Waals surface area contributed by atoms with Crippen LogP contribution in [0.1, 0.15) is 16.9 Å². The van der Waals surface area contributed by atoms with Gasteiger partial charge in [-0.3, -0.25) is 9.59 Å². The van der Waals surface area contributed by atoms with Crippen molar-refractivity contribution in [1.82, 2.24) is 4.98 Å². The van der Waals surface area contributed by atoms with Crippen molar-refractivity contribution in [3.05, 3.63) is 30.3 Å². The van der Waals surface area contributed by atoms with Crippen molar-refractivity contribution in [3.63, 3.8) is 0 Å². The van der Waals surface area contributed by atoms with E-state index >= 15 is 0 Å². The molecule has 0 aliphatic carbocycles. The number of rotatable bonds is 3. The first-order valence-electron chi connectivity index (χ1n) is 4.64. The number of methoxy groups -OCH3 is 1. The lowest BCUT2D eigenvalue weighted by molar-refractivity contribution is -0.139. The number of aromatic nitrogens is 1. The summed E-state index contributed by atoms with van der Waals surface area (Å²) in [6, 6.07) is 3.32. The minimum Gasteiger partial charge on any atom is -0.469 e. The molecule has 5 heteroatoms. The molecule has 0 aliphatic heterocycles. The summed E-state index contributed by atoms with van der Waals surface area (Å²) in [7, 11) is 1.24. The SMILES string of the molecule is COC(=O)CC(=O)c1cc2ccoc2cn1. The molecule has 0 bridgehead atoms. The van der Waals surface area contributed by atoms with Crippen LogP contribution in [0.25, 0.3) is 11.0 Å². The van der Waals surface area contributed by atoms with Crippen molar-refractivity contribution < 1.29 is 18.7 Å². The zero-order valence-electron chi connectivity index (χ0n) is 8.60. The second-order valence-electron chi connectivity index (χ2n) is 3.20. The highest BCUT2D eigenvalue weighted by molar-refractivity contribution is 6.05. The van der Waals surface area contributed by atoms with E-state index in [1.807, 2.05) is 0 Å². The topological polar surface area (TPSA) is 69.4 Å². The van der Waals surface area contributed by atoms with Crippen LogP contribution in [-0.2, 0) is 9.53 Å². The summed E-state index contributed by atoms with van der Waals surface area (Å²) >= 11 is 0. The van der Waals surface area contributed by atoms with Crippen LogP contribution in [0.4, 0.5) is 0 Å². The molecule has 0 fully saturated rings. The molecular formula is C11H9NO4. The Hall–Kier alpha value is -2.17. The minimum absolute atomic E-state index is 0.235. The number of fused-ring (bicyclic) bond motifs is 1. The van der Waals surface area contributed by atoms with E-state index < -0.39 is 5.97 Å². The number of ketones is 1. The minimum atomic E-state index is -0.570. The summed E-state index contributed by atoms with van der Waals surface area (Å²) in [5.74, 6) is -0.936. The fourth-order valence-electron chi connectivity index (χ4n) is 1.31. The number of esters is 1. The number of furan rings is 1. The number of hydrogen-bond donors (Lipinski definition) is 0. The van der Waals surface area contributed by atoms with Crippen molar-refractivity contribution in [2.75, 3.05) is 7.11 Å². The lowest BCUT2D eigenvalue weighted by atomic mass is 10.1. The van der Waals surface area contributed by atoms with Gasteiger partial charge in [0.15, 0.2) is 11.4 Å². The van der Waals surface area contributed by atoms with Crippen LogP contribution >= 0.6 is 0 Å². The molecular weight excluding hydrogens is 210 g/mol. The smallest absolute Gasteiger partial charge is 0.313 e. The Kier molecular flexibility index (Phi) is 2.68. The van der Waals surface area contributed by atoms with Crippen LogP contribution in [0.3, 0.4) is 0 Å². The molecule has 0 radical (unpaired) electrons. The molecule has 0 atom stereocenters. The molecule has 82 valence electrons. The van der Waals surface area contributed by atoms with Gasteiger partial charge in [0.05, 0.1) is 19.6 Å². The summed E-state index contributed by atoms with van der Waals surface area (Å²) in [6.45, 7) is 0. The standard InChI is InChI=1S/C11H9NO4/c1-15-11(14)5-9(13)8-4-7-2-3-16-10(7)6-12-8/h2-4,6H,5H2,1H3. The Labute approximate surface area is 91.0 Å². The van der Waals surface area contributed by atoms with Gasteiger partial charge in [0.25, 0.3) is 0 Å². The molecule has 2 aromatic rings. The number of Topliss-reactive ketones (excluding diaryl/α,β-unsaturated/α-hetero) is 1. The van der Waals surface area contributed by atoms with Crippen LogP contribution in [0.5, 0.6) is 0 Å². The van der Waals surface area contributed by atoms with Crippen LogP contribution in [0.2, 0.25) is 0 Å². The third-order valence-electron chi connectivity index (χ3n) is 2.16. The van der Waals surface area contributed by atoms with E-state index in [0.29, 0.717) is 5.58 Å². The molecule has 16 heavy (non-hydrogen) atoms. The molecule has 0 unspecified atom stereocenters. The highest BCUT2D eigenvalue weighted by Gasteiger charge is 2.14. The fraction of sp³-hybridized carbons (Fsp3) is 0.182. The Morgan fingerprint density at radius 2 is 2.31 bits per heavy atom. The molecule has 2 heterocycles. The molecule has 2 aromatic heterocycles. The Bertz CT molecular complexity index is 544. The van der Waals surface area contributed by atoms with E-state index in [0.717, 1.165) is 5.39 Å². The van der Waals surface area contributed by atoms with Crippen LogP contribution in [0, 0.1) is 0 Å². The monoisotopic (exact) mass is 219 g/mol. The molecule has 0 N–H and O–H groups in total. The second-order valence-corrected chi connectivity index (χ2v) is 3.20. The second kappa shape index (κ2) is 4.14. The maximum absolute atomic E-state index is 11.6. The normalized spacial score (nSPS) is 10.3. The first kappa shape index (κ1) is 10.4. The lowest BCUT2D eigenvalue weighted by Gasteiger charge is -1.98. The summed E-state index contributed by atoms with van der Waals surface area (Å²) < 4.78 is 9.50. The number of carbonyl (C=O) groups excluding carboxylic acids is 2. The van der Waals surface area contributed by atoms with Gasteiger partial charge in [-0.2, -0.15) is 0 Å². The number of pyridine rings is 1. The quantitative estimate of drug-likeness (QED) is 0.445. The average molecular weight is 219 g/mol. The first-order chi connectivity index (χ1) is 7.70. The van der Waals surface area contributed by atoms with Gasteiger partial charge < -0.3 is 9.15 Å². The van der Waals surface area contributed by atoms with Crippen LogP contribution in [-0.4, -0.2) is 23.8 Å². The Morgan fingerprint density at radius 1 is 1.50 bits per heavy atom. The number of hydrogen-bond acceptors (Lipinski definition) is 5. The van der Waals surface area contributed by atoms with Gasteiger partial charge in [0, 0.05) is 5.39 Å². The highest BCUT2D eigenvalue weighted by Crippen LogP contribution is 2.15. The molecule has 0 aliphatic rings. The van der Waals surface area contributed by atoms with Gasteiger partial charge in [-0.05, 0) is 12.1 Å². The van der Waals surface area contributed by atoms with Gasteiger partial charge >= 0.3 is 5.97 Å². The van der Waals surface area contributed by atoms with E-state index in [-0.39, 0.29) is 17.9 Å².